The molecule has 2 heteroatoms. The van der Waals surface area contributed by atoms with Crippen LogP contribution in [0.25, 0.3) is 0 Å². The van der Waals surface area contributed by atoms with Gasteiger partial charge >= 0.3 is 0 Å². The molecule has 0 aliphatic heterocycles. The van der Waals surface area contributed by atoms with Gasteiger partial charge in [0.25, 0.3) is 0 Å². The van der Waals surface area contributed by atoms with Crippen molar-refractivity contribution in [2.24, 2.45) is 17.3 Å². The van der Waals surface area contributed by atoms with Crippen LogP contribution in [0.15, 0.2) is 22.8 Å². The average molecular weight is 231 g/mol. The lowest BCUT2D eigenvalue weighted by Gasteiger charge is -2.30. The van der Waals surface area contributed by atoms with Crippen molar-refractivity contribution in [2.75, 3.05) is 6.54 Å². The van der Waals surface area contributed by atoms with E-state index < -0.39 is 0 Å². The van der Waals surface area contributed by atoms with E-state index in [2.05, 4.69) is 11.4 Å². The molecule has 0 aromatic carbocycles. The van der Waals surface area contributed by atoms with Crippen LogP contribution in [-0.2, 0) is 6.42 Å². The molecule has 0 bridgehead atoms. The van der Waals surface area contributed by atoms with Crippen LogP contribution in [0.2, 0.25) is 0 Å². The second-order valence-corrected chi connectivity index (χ2v) is 6.58. The molecule has 1 aromatic rings. The minimum Gasteiger partial charge on any atom is -0.469 e. The van der Waals surface area contributed by atoms with E-state index in [9.17, 15) is 0 Å². The number of furan rings is 1. The Morgan fingerprint density at radius 2 is 2.12 bits per heavy atom. The predicted octanol–water partition coefficient (Wildman–Crippen LogP) is 2.99. The third kappa shape index (κ3) is 2.03. The molecule has 3 aliphatic carbocycles. The first-order valence-electron chi connectivity index (χ1n) is 7.09. The zero-order valence-electron chi connectivity index (χ0n) is 10.3. The van der Waals surface area contributed by atoms with Crippen molar-refractivity contribution in [3.8, 4) is 0 Å². The first-order valence-corrected chi connectivity index (χ1v) is 7.09. The maximum atomic E-state index is 5.57. The van der Waals surface area contributed by atoms with Gasteiger partial charge in [-0.1, -0.05) is 0 Å². The van der Waals surface area contributed by atoms with E-state index in [1.807, 2.05) is 12.3 Å². The minimum atomic E-state index is 0.508. The summed E-state index contributed by atoms with van der Waals surface area (Å²) < 4.78 is 5.57. The highest BCUT2D eigenvalue weighted by Gasteiger charge is 2.53. The van der Waals surface area contributed by atoms with Crippen LogP contribution in [0.5, 0.6) is 0 Å². The molecule has 2 unspecified atom stereocenters. The number of rotatable bonds is 5. The first-order chi connectivity index (χ1) is 8.33. The van der Waals surface area contributed by atoms with Crippen LogP contribution in [0.4, 0.5) is 0 Å². The fourth-order valence-electron chi connectivity index (χ4n) is 3.79. The van der Waals surface area contributed by atoms with Gasteiger partial charge in [-0.25, -0.2) is 0 Å². The highest BCUT2D eigenvalue weighted by Crippen LogP contribution is 2.60. The van der Waals surface area contributed by atoms with Crippen molar-refractivity contribution in [3.63, 3.8) is 0 Å². The molecule has 2 nitrogen and oxygen atoms in total. The Morgan fingerprint density at radius 1 is 1.29 bits per heavy atom. The molecule has 1 heterocycles. The molecule has 0 amide bonds. The largest absolute Gasteiger partial charge is 0.469 e. The highest BCUT2D eigenvalue weighted by molar-refractivity contribution is 5.10. The van der Waals surface area contributed by atoms with Crippen LogP contribution < -0.4 is 5.32 Å². The van der Waals surface area contributed by atoms with Crippen LogP contribution in [0.3, 0.4) is 0 Å². The second kappa shape index (κ2) is 3.61. The molecule has 0 spiro atoms. The quantitative estimate of drug-likeness (QED) is 0.842. The second-order valence-electron chi connectivity index (χ2n) is 6.58. The Morgan fingerprint density at radius 3 is 2.76 bits per heavy atom. The van der Waals surface area contributed by atoms with Gasteiger partial charge < -0.3 is 9.73 Å². The molecule has 0 saturated heterocycles. The van der Waals surface area contributed by atoms with E-state index in [-0.39, 0.29) is 0 Å². The zero-order chi connectivity index (χ0) is 11.3. The summed E-state index contributed by atoms with van der Waals surface area (Å²) in [4.78, 5) is 0. The number of hydrogen-bond acceptors (Lipinski definition) is 2. The van der Waals surface area contributed by atoms with Crippen LogP contribution in [-0.4, -0.2) is 12.6 Å². The lowest BCUT2D eigenvalue weighted by atomic mass is 9.79. The maximum absolute atomic E-state index is 5.57. The molecule has 17 heavy (non-hydrogen) atoms. The van der Waals surface area contributed by atoms with Crippen molar-refractivity contribution in [1.82, 2.24) is 5.32 Å². The van der Waals surface area contributed by atoms with E-state index in [0.717, 1.165) is 24.3 Å². The topological polar surface area (TPSA) is 25.2 Å². The van der Waals surface area contributed by atoms with E-state index in [0.29, 0.717) is 5.41 Å². The lowest BCUT2D eigenvalue weighted by Crippen LogP contribution is -2.36. The molecule has 1 N–H and O–H groups in total. The van der Waals surface area contributed by atoms with Gasteiger partial charge in [-0.15, -0.1) is 0 Å². The summed E-state index contributed by atoms with van der Waals surface area (Å²) in [5.41, 5.74) is 0.508. The Kier molecular flexibility index (Phi) is 2.17. The molecular formula is C15H21NO. The molecule has 3 aliphatic rings. The molecule has 0 radical (unpaired) electrons. The molecule has 3 saturated carbocycles. The van der Waals surface area contributed by atoms with Crippen molar-refractivity contribution in [1.29, 1.82) is 0 Å². The monoisotopic (exact) mass is 231 g/mol. The van der Waals surface area contributed by atoms with Gasteiger partial charge in [0.15, 0.2) is 0 Å². The third-order valence-electron chi connectivity index (χ3n) is 4.93. The van der Waals surface area contributed by atoms with Gasteiger partial charge in [0.05, 0.1) is 6.26 Å². The molecule has 4 rings (SSSR count). The normalized spacial score (nSPS) is 39.3. The molecular weight excluding hydrogens is 210 g/mol. The summed E-state index contributed by atoms with van der Waals surface area (Å²) in [6.07, 6.45) is 10.1. The smallest absolute Gasteiger partial charge is 0.104 e. The van der Waals surface area contributed by atoms with Crippen molar-refractivity contribution in [3.05, 3.63) is 24.2 Å². The molecule has 2 atom stereocenters. The van der Waals surface area contributed by atoms with Crippen LogP contribution in [0, 0.1) is 17.3 Å². The average Bonchev–Trinajstić information content (AvgIpc) is 3.20. The Hall–Kier alpha value is -0.760. The lowest BCUT2D eigenvalue weighted by molar-refractivity contribution is 0.231. The van der Waals surface area contributed by atoms with Crippen molar-refractivity contribution >= 4 is 0 Å². The van der Waals surface area contributed by atoms with Gasteiger partial charge in [0, 0.05) is 19.0 Å². The van der Waals surface area contributed by atoms with Crippen LogP contribution >= 0.6 is 0 Å². The van der Waals surface area contributed by atoms with Gasteiger partial charge in [0.1, 0.15) is 5.76 Å². The van der Waals surface area contributed by atoms with E-state index in [4.69, 9.17) is 4.42 Å². The summed E-state index contributed by atoms with van der Waals surface area (Å²) in [5, 5.41) is 3.75. The number of nitrogens with one attached hydrogen (secondary N) is 1. The van der Waals surface area contributed by atoms with Crippen LogP contribution in [0.1, 0.15) is 37.9 Å². The summed E-state index contributed by atoms with van der Waals surface area (Å²) in [7, 11) is 0. The zero-order valence-corrected chi connectivity index (χ0v) is 10.3. The Bertz CT molecular complexity index is 383. The van der Waals surface area contributed by atoms with Crippen molar-refractivity contribution < 1.29 is 4.42 Å². The summed E-state index contributed by atoms with van der Waals surface area (Å²) in [6.45, 7) is 1.21. The fourth-order valence-corrected chi connectivity index (χ4v) is 3.79. The molecule has 1 aromatic heterocycles. The SMILES string of the molecule is c1coc(CC2(CNC3CC3)CC3CC3C2)c1. The Balaban J connectivity index is 1.46. The fraction of sp³-hybridized carbons (Fsp3) is 0.733. The van der Waals surface area contributed by atoms with E-state index in [1.165, 1.54) is 44.4 Å². The number of fused-ring (bicyclic) bond motifs is 1. The van der Waals surface area contributed by atoms with Gasteiger partial charge in [-0.05, 0) is 61.5 Å². The van der Waals surface area contributed by atoms with E-state index in [1.54, 1.807) is 0 Å². The third-order valence-corrected chi connectivity index (χ3v) is 4.93. The van der Waals surface area contributed by atoms with Gasteiger partial charge in [-0.2, -0.15) is 0 Å². The van der Waals surface area contributed by atoms with Crippen molar-refractivity contribution in [2.45, 2.75) is 44.6 Å². The van der Waals surface area contributed by atoms with Gasteiger partial charge in [0.2, 0.25) is 0 Å². The summed E-state index contributed by atoms with van der Waals surface area (Å²) >= 11 is 0. The van der Waals surface area contributed by atoms with Gasteiger partial charge in [-0.3, -0.25) is 0 Å². The molecule has 3 fully saturated rings. The minimum absolute atomic E-state index is 0.508. The van der Waals surface area contributed by atoms with E-state index >= 15 is 0 Å². The summed E-state index contributed by atoms with van der Waals surface area (Å²) in [6, 6.07) is 5.00. The maximum Gasteiger partial charge on any atom is 0.104 e. The molecule has 92 valence electrons. The first kappa shape index (κ1) is 10.2. The number of hydrogen-bond donors (Lipinski definition) is 1. The highest BCUT2D eigenvalue weighted by atomic mass is 16.3. The summed E-state index contributed by atoms with van der Waals surface area (Å²) in [5.74, 6) is 3.28. The predicted molar refractivity (Wildman–Crippen MR) is 66.7 cm³/mol. The standard InChI is InChI=1S/C15H21NO/c1-2-14(17-5-1)9-15(10-16-13-3-4-13)7-11-6-12(11)8-15/h1-2,5,11-13,16H,3-4,6-10H2. The Labute approximate surface area is 103 Å².